The lowest BCUT2D eigenvalue weighted by molar-refractivity contribution is 0.635. The number of furan rings is 1. The molecule has 0 N–H and O–H groups in total. The number of benzene rings is 7. The second-order valence-corrected chi connectivity index (χ2v) is 16.9. The molecule has 68 heavy (non-hydrogen) atoms. The molecule has 0 fully saturated rings. The maximum atomic E-state index is 6.87. The lowest BCUT2D eigenvalue weighted by Gasteiger charge is -2.12. The summed E-state index contributed by atoms with van der Waals surface area (Å²) in [4.78, 5) is 24.3. The van der Waals surface area contributed by atoms with Crippen LogP contribution in [0.2, 0.25) is 0 Å². The van der Waals surface area contributed by atoms with Crippen molar-refractivity contribution in [3.8, 4) is 84.4 Å². The van der Waals surface area contributed by atoms with Crippen molar-refractivity contribution < 1.29 is 4.42 Å². The van der Waals surface area contributed by atoms with Gasteiger partial charge in [-0.3, -0.25) is 9.97 Å². The number of fused-ring (bicyclic) bond motifs is 6. The molecule has 0 amide bonds. The normalized spacial score (nSPS) is 11.5. The van der Waals surface area contributed by atoms with Gasteiger partial charge in [-0.2, -0.15) is 0 Å². The van der Waals surface area contributed by atoms with Crippen molar-refractivity contribution in [3.63, 3.8) is 0 Å². The van der Waals surface area contributed by atoms with E-state index in [0.717, 1.165) is 100 Å². The average Bonchev–Trinajstić information content (AvgIpc) is 3.99. The third kappa shape index (κ3) is 6.72. The lowest BCUT2D eigenvalue weighted by Crippen LogP contribution is -1.97. The van der Waals surface area contributed by atoms with Crippen LogP contribution in [0.1, 0.15) is 0 Å². The highest BCUT2D eigenvalue weighted by molar-refractivity contribution is 6.17. The summed E-state index contributed by atoms with van der Waals surface area (Å²) in [5.41, 5.74) is 16.7. The van der Waals surface area contributed by atoms with Gasteiger partial charge in [0.05, 0.1) is 39.0 Å². The van der Waals surface area contributed by atoms with Gasteiger partial charge in [0.2, 0.25) is 0 Å². The zero-order valence-electron chi connectivity index (χ0n) is 36.5. The molecule has 6 aromatic heterocycles. The Kier molecular flexibility index (Phi) is 9.35. The van der Waals surface area contributed by atoms with Crippen molar-refractivity contribution >= 4 is 43.7 Å². The molecular weight excluding hydrogens is 833 g/mol. The van der Waals surface area contributed by atoms with Crippen LogP contribution < -0.4 is 0 Å². The molecular formula is C61H38N6O. The predicted molar refractivity (Wildman–Crippen MR) is 275 cm³/mol. The SMILES string of the molecule is c1ccc(-c2nc(-c3ccc(-c4ccc(-c5nc6ccccc6c6oc(-c7ccncc7)c(-c7ccncc7)c56)cc4)cc3)cc(-c3cccc(-n4c5ccccc5c5ccccc54)c3)n2)cc1. The molecule has 0 bridgehead atoms. The van der Waals surface area contributed by atoms with E-state index in [-0.39, 0.29) is 0 Å². The molecule has 0 unspecified atom stereocenters. The van der Waals surface area contributed by atoms with E-state index < -0.39 is 0 Å². The molecule has 0 aliphatic rings. The summed E-state index contributed by atoms with van der Waals surface area (Å²) in [5, 5.41) is 4.37. The van der Waals surface area contributed by atoms with Crippen LogP contribution in [0, 0.1) is 0 Å². The summed E-state index contributed by atoms with van der Waals surface area (Å²) >= 11 is 0. The highest BCUT2D eigenvalue weighted by Crippen LogP contribution is 2.47. The maximum Gasteiger partial charge on any atom is 0.160 e. The van der Waals surface area contributed by atoms with Crippen molar-refractivity contribution in [1.29, 1.82) is 0 Å². The fourth-order valence-electron chi connectivity index (χ4n) is 9.61. The molecule has 0 saturated heterocycles. The first kappa shape index (κ1) is 39.1. The van der Waals surface area contributed by atoms with E-state index in [9.17, 15) is 0 Å². The van der Waals surface area contributed by atoms with Gasteiger partial charge in [-0.25, -0.2) is 15.0 Å². The number of pyridine rings is 3. The lowest BCUT2D eigenvalue weighted by atomic mass is 9.94. The Hall–Kier alpha value is -9.33. The summed E-state index contributed by atoms with van der Waals surface area (Å²) in [6, 6.07) is 71.6. The molecule has 13 aromatic rings. The molecule has 6 heterocycles. The molecule has 0 radical (unpaired) electrons. The minimum absolute atomic E-state index is 0.675. The zero-order valence-corrected chi connectivity index (χ0v) is 36.5. The Balaban J connectivity index is 0.879. The Morgan fingerprint density at radius 1 is 0.368 bits per heavy atom. The summed E-state index contributed by atoms with van der Waals surface area (Å²) in [6.07, 6.45) is 7.22. The minimum atomic E-state index is 0.675. The first-order valence-corrected chi connectivity index (χ1v) is 22.6. The summed E-state index contributed by atoms with van der Waals surface area (Å²) in [7, 11) is 0. The third-order valence-corrected chi connectivity index (χ3v) is 12.8. The van der Waals surface area contributed by atoms with Gasteiger partial charge in [-0.15, -0.1) is 0 Å². The van der Waals surface area contributed by atoms with Gasteiger partial charge in [0, 0.05) is 80.0 Å². The first-order valence-electron chi connectivity index (χ1n) is 22.6. The van der Waals surface area contributed by atoms with Gasteiger partial charge in [0.1, 0.15) is 11.3 Å². The largest absolute Gasteiger partial charge is 0.455 e. The Morgan fingerprint density at radius 3 is 1.59 bits per heavy atom. The van der Waals surface area contributed by atoms with E-state index in [1.807, 2.05) is 73.1 Å². The van der Waals surface area contributed by atoms with E-state index in [1.165, 1.54) is 21.8 Å². The van der Waals surface area contributed by atoms with Crippen molar-refractivity contribution in [2.75, 3.05) is 0 Å². The Morgan fingerprint density at radius 2 is 0.912 bits per heavy atom. The smallest absolute Gasteiger partial charge is 0.160 e. The third-order valence-electron chi connectivity index (χ3n) is 12.8. The molecule has 7 aromatic carbocycles. The second kappa shape index (κ2) is 16.3. The molecule has 0 aliphatic carbocycles. The zero-order chi connectivity index (χ0) is 45.0. The standard InChI is InChI=1S/C61H38N6O/c1-2-11-45(12-3-1)61-65-52(38-53(66-61)46-13-10-14-47(37-46)67-54-19-8-5-15-48(54)49-16-6-9-20-55(49)67)41-25-21-39(22-26-41)40-23-27-43(28-24-40)58-57-56(42-29-33-62-34-30-42)59(44-31-35-63-36-32-44)68-60(57)50-17-4-7-18-51(50)64-58/h1-38H. The molecule has 318 valence electrons. The highest BCUT2D eigenvalue weighted by atomic mass is 16.3. The summed E-state index contributed by atoms with van der Waals surface area (Å²) in [6.45, 7) is 0. The monoisotopic (exact) mass is 870 g/mol. The van der Waals surface area contributed by atoms with Crippen LogP contribution in [-0.2, 0) is 0 Å². The van der Waals surface area contributed by atoms with Crippen molar-refractivity contribution in [2.45, 2.75) is 0 Å². The van der Waals surface area contributed by atoms with Gasteiger partial charge < -0.3 is 8.98 Å². The van der Waals surface area contributed by atoms with Crippen molar-refractivity contribution in [3.05, 3.63) is 231 Å². The van der Waals surface area contributed by atoms with Gasteiger partial charge in [-0.1, -0.05) is 140 Å². The molecule has 7 heteroatoms. The van der Waals surface area contributed by atoms with Crippen LogP contribution in [0.5, 0.6) is 0 Å². The maximum absolute atomic E-state index is 6.87. The van der Waals surface area contributed by atoms with Crippen molar-refractivity contribution in [1.82, 2.24) is 29.5 Å². The number of hydrogen-bond acceptors (Lipinski definition) is 6. The first-order chi connectivity index (χ1) is 33.7. The number of hydrogen-bond donors (Lipinski definition) is 0. The van der Waals surface area contributed by atoms with Crippen LogP contribution in [0.25, 0.3) is 128 Å². The van der Waals surface area contributed by atoms with E-state index in [1.54, 1.807) is 12.4 Å². The van der Waals surface area contributed by atoms with Gasteiger partial charge in [0.15, 0.2) is 5.82 Å². The number of para-hydroxylation sites is 3. The molecule has 7 nitrogen and oxygen atoms in total. The fraction of sp³-hybridized carbons (Fsp3) is 0. The quantitative estimate of drug-likeness (QED) is 0.151. The van der Waals surface area contributed by atoms with Crippen LogP contribution in [0.15, 0.2) is 235 Å². The Bertz CT molecular complexity index is 3940. The summed E-state index contributed by atoms with van der Waals surface area (Å²) in [5.74, 6) is 1.44. The van der Waals surface area contributed by atoms with Crippen LogP contribution in [-0.4, -0.2) is 29.5 Å². The van der Waals surface area contributed by atoms with E-state index >= 15 is 0 Å². The molecule has 0 spiro atoms. The molecule has 0 atom stereocenters. The van der Waals surface area contributed by atoms with Crippen LogP contribution in [0.4, 0.5) is 0 Å². The highest BCUT2D eigenvalue weighted by Gasteiger charge is 2.24. The van der Waals surface area contributed by atoms with Crippen molar-refractivity contribution in [2.24, 2.45) is 0 Å². The fourth-order valence-corrected chi connectivity index (χ4v) is 9.61. The van der Waals surface area contributed by atoms with Crippen LogP contribution in [0.3, 0.4) is 0 Å². The number of nitrogens with zero attached hydrogens (tertiary/aromatic N) is 6. The minimum Gasteiger partial charge on any atom is -0.455 e. The topological polar surface area (TPSA) is 82.5 Å². The van der Waals surface area contributed by atoms with E-state index in [0.29, 0.717) is 5.82 Å². The van der Waals surface area contributed by atoms with E-state index in [2.05, 4.69) is 160 Å². The van der Waals surface area contributed by atoms with Crippen LogP contribution >= 0.6 is 0 Å². The van der Waals surface area contributed by atoms with Gasteiger partial charge in [-0.05, 0) is 83.4 Å². The summed E-state index contributed by atoms with van der Waals surface area (Å²) < 4.78 is 9.21. The molecule has 13 rings (SSSR count). The predicted octanol–water partition coefficient (Wildman–Crippen LogP) is 15.3. The second-order valence-electron chi connectivity index (χ2n) is 16.9. The van der Waals surface area contributed by atoms with E-state index in [4.69, 9.17) is 19.4 Å². The number of aromatic nitrogens is 6. The molecule has 0 saturated carbocycles. The Labute approximate surface area is 391 Å². The number of rotatable bonds is 8. The van der Waals surface area contributed by atoms with Gasteiger partial charge in [0.25, 0.3) is 0 Å². The average molecular weight is 871 g/mol. The van der Waals surface area contributed by atoms with Gasteiger partial charge >= 0.3 is 0 Å². The molecule has 0 aliphatic heterocycles.